The first-order chi connectivity index (χ1) is 13.4. The zero-order valence-electron chi connectivity index (χ0n) is 16.7. The fourth-order valence-corrected chi connectivity index (χ4v) is 4.17. The Kier molecular flexibility index (Phi) is 4.31. The van der Waals surface area contributed by atoms with Gasteiger partial charge in [-0.25, -0.2) is 4.98 Å². The third-order valence-corrected chi connectivity index (χ3v) is 5.39. The highest BCUT2D eigenvalue weighted by Crippen LogP contribution is 2.39. The molecule has 0 amide bonds. The number of nitrogens with zero attached hydrogens (tertiary/aromatic N) is 3. The van der Waals surface area contributed by atoms with E-state index in [1.807, 2.05) is 30.3 Å². The molecule has 1 aliphatic heterocycles. The number of fused-ring (bicyclic) bond motifs is 2. The third kappa shape index (κ3) is 2.99. The normalized spacial score (nSPS) is 15.9. The largest absolute Gasteiger partial charge is 0.363 e. The molecule has 0 unspecified atom stereocenters. The molecule has 28 heavy (non-hydrogen) atoms. The quantitative estimate of drug-likeness (QED) is 0.608. The van der Waals surface area contributed by atoms with Gasteiger partial charge in [-0.2, -0.15) is 5.26 Å². The first-order valence-corrected chi connectivity index (χ1v) is 9.61. The molecule has 0 fully saturated rings. The van der Waals surface area contributed by atoms with Crippen LogP contribution in [0.1, 0.15) is 44.6 Å². The number of allylic oxidation sites excluding steroid dienone is 2. The number of nitriles is 1. The van der Waals surface area contributed by atoms with Crippen molar-refractivity contribution in [3.63, 3.8) is 0 Å². The molecule has 0 spiro atoms. The third-order valence-electron chi connectivity index (χ3n) is 5.39. The molecule has 0 aliphatic carbocycles. The summed E-state index contributed by atoms with van der Waals surface area (Å²) in [7, 11) is 0. The number of hydrogen-bond donors (Lipinski definition) is 1. The highest BCUT2D eigenvalue weighted by molar-refractivity contribution is 5.91. The van der Waals surface area contributed by atoms with Crippen molar-refractivity contribution in [1.82, 2.24) is 9.97 Å². The second-order valence-electron chi connectivity index (χ2n) is 7.77. The molecule has 1 aromatic heterocycles. The van der Waals surface area contributed by atoms with Crippen molar-refractivity contribution >= 4 is 33.9 Å². The second-order valence-corrected chi connectivity index (χ2v) is 7.77. The fourth-order valence-electron chi connectivity index (χ4n) is 4.17. The number of aromatic amines is 1. The molecule has 2 aromatic carbocycles. The van der Waals surface area contributed by atoms with Gasteiger partial charge in [-0.3, -0.25) is 0 Å². The Labute approximate surface area is 165 Å². The van der Waals surface area contributed by atoms with E-state index >= 15 is 0 Å². The van der Waals surface area contributed by atoms with Crippen LogP contribution in [0.4, 0.5) is 5.69 Å². The van der Waals surface area contributed by atoms with Gasteiger partial charge in [0.1, 0.15) is 11.9 Å². The van der Waals surface area contributed by atoms with Gasteiger partial charge >= 0.3 is 0 Å². The van der Waals surface area contributed by atoms with Crippen LogP contribution in [0.25, 0.3) is 28.3 Å². The molecule has 2 heterocycles. The molecule has 0 radical (unpaired) electrons. The number of aromatic nitrogens is 2. The molecule has 4 rings (SSSR count). The second kappa shape index (κ2) is 6.69. The lowest BCUT2D eigenvalue weighted by Crippen LogP contribution is -2.44. The van der Waals surface area contributed by atoms with Crippen molar-refractivity contribution in [1.29, 1.82) is 5.26 Å². The first-order valence-electron chi connectivity index (χ1n) is 9.61. The minimum atomic E-state index is -0.00468. The predicted molar refractivity (Wildman–Crippen MR) is 117 cm³/mol. The van der Waals surface area contributed by atoms with Gasteiger partial charge < -0.3 is 9.88 Å². The van der Waals surface area contributed by atoms with Crippen molar-refractivity contribution < 1.29 is 0 Å². The molecule has 0 atom stereocenters. The van der Waals surface area contributed by atoms with Crippen molar-refractivity contribution in [2.24, 2.45) is 0 Å². The van der Waals surface area contributed by atoms with Crippen LogP contribution in [0.5, 0.6) is 0 Å². The lowest BCUT2D eigenvalue weighted by Gasteiger charge is -2.42. The summed E-state index contributed by atoms with van der Waals surface area (Å²) in [5.41, 5.74) is 7.05. The maximum atomic E-state index is 9.71. The van der Waals surface area contributed by atoms with Gasteiger partial charge in [0, 0.05) is 17.8 Å². The first kappa shape index (κ1) is 18.1. The van der Waals surface area contributed by atoms with E-state index in [1.54, 1.807) is 0 Å². The van der Waals surface area contributed by atoms with E-state index in [1.165, 1.54) is 16.8 Å². The average Bonchev–Trinajstić information content (AvgIpc) is 3.10. The van der Waals surface area contributed by atoms with Gasteiger partial charge in [-0.1, -0.05) is 24.3 Å². The molecular formula is C24H24N4. The van der Waals surface area contributed by atoms with Gasteiger partial charge in [0.25, 0.3) is 0 Å². The number of nitrogens with one attached hydrogen (secondary N) is 1. The van der Waals surface area contributed by atoms with Crippen LogP contribution >= 0.6 is 0 Å². The van der Waals surface area contributed by atoms with Crippen molar-refractivity contribution in [2.45, 2.75) is 33.2 Å². The van der Waals surface area contributed by atoms with Crippen LogP contribution in [-0.4, -0.2) is 22.1 Å². The zero-order chi connectivity index (χ0) is 19.9. The Morgan fingerprint density at radius 2 is 2.04 bits per heavy atom. The molecular weight excluding hydrogens is 344 g/mol. The topological polar surface area (TPSA) is 55.7 Å². The summed E-state index contributed by atoms with van der Waals surface area (Å²) < 4.78 is 0. The standard InChI is InChI=1S/C24H24N4/c1-5-28-22-11-10-17(13-19(22)16(2)14-24(28,3)4)12-18(15-25)23-26-20-8-6-7-9-21(20)27-23/h6-14H,5H2,1-4H3,(H,26,27)/b18-12-. The highest BCUT2D eigenvalue weighted by Gasteiger charge is 2.30. The maximum Gasteiger partial charge on any atom is 0.149 e. The van der Waals surface area contributed by atoms with Gasteiger partial charge in [-0.05, 0) is 69.2 Å². The number of anilines is 1. The predicted octanol–water partition coefficient (Wildman–Crippen LogP) is 5.65. The summed E-state index contributed by atoms with van der Waals surface area (Å²) in [5, 5.41) is 9.71. The molecule has 0 bridgehead atoms. The van der Waals surface area contributed by atoms with Crippen molar-refractivity contribution in [3.8, 4) is 6.07 Å². The Hall–Kier alpha value is -3.32. The lowest BCUT2D eigenvalue weighted by atomic mass is 9.88. The van der Waals surface area contributed by atoms with E-state index in [9.17, 15) is 5.26 Å². The Morgan fingerprint density at radius 3 is 2.75 bits per heavy atom. The molecule has 140 valence electrons. The molecule has 4 nitrogen and oxygen atoms in total. The highest BCUT2D eigenvalue weighted by atomic mass is 15.2. The number of rotatable bonds is 3. The van der Waals surface area contributed by atoms with Crippen molar-refractivity contribution in [2.75, 3.05) is 11.4 Å². The van der Waals surface area contributed by atoms with E-state index in [0.717, 1.165) is 23.1 Å². The van der Waals surface area contributed by atoms with Gasteiger partial charge in [0.05, 0.1) is 22.1 Å². The average molecular weight is 368 g/mol. The van der Waals surface area contributed by atoms with Crippen LogP contribution in [0.15, 0.2) is 48.5 Å². The minimum Gasteiger partial charge on any atom is -0.363 e. The van der Waals surface area contributed by atoms with Gasteiger partial charge in [0.2, 0.25) is 0 Å². The van der Waals surface area contributed by atoms with E-state index < -0.39 is 0 Å². The zero-order valence-corrected chi connectivity index (χ0v) is 16.7. The lowest BCUT2D eigenvalue weighted by molar-refractivity contribution is 0.566. The number of para-hydroxylation sites is 2. The summed E-state index contributed by atoms with van der Waals surface area (Å²) in [4.78, 5) is 10.2. The van der Waals surface area contributed by atoms with Gasteiger partial charge in [0.15, 0.2) is 0 Å². The maximum absolute atomic E-state index is 9.71. The van der Waals surface area contributed by atoms with E-state index in [-0.39, 0.29) is 5.54 Å². The number of likely N-dealkylation sites (N-methyl/N-ethyl adjacent to an activating group) is 1. The Bertz CT molecular complexity index is 1120. The molecule has 0 saturated heterocycles. The summed E-state index contributed by atoms with van der Waals surface area (Å²) in [6, 6.07) is 16.5. The summed E-state index contributed by atoms with van der Waals surface area (Å²) >= 11 is 0. The SMILES string of the molecule is CCN1c2ccc(/C=C(/C#N)c3nc4ccccc4[nH]3)cc2C(C)=CC1(C)C. The van der Waals surface area contributed by atoms with Crippen LogP contribution in [-0.2, 0) is 0 Å². The summed E-state index contributed by atoms with van der Waals surface area (Å²) in [6.07, 6.45) is 4.22. The number of imidazole rings is 1. The summed E-state index contributed by atoms with van der Waals surface area (Å²) in [5.74, 6) is 0.602. The minimum absolute atomic E-state index is 0.00468. The summed E-state index contributed by atoms with van der Waals surface area (Å²) in [6.45, 7) is 9.77. The molecule has 1 aliphatic rings. The van der Waals surface area contributed by atoms with Gasteiger partial charge in [-0.15, -0.1) is 0 Å². The number of benzene rings is 2. The fraction of sp³-hybridized carbons (Fsp3) is 0.250. The molecule has 4 heteroatoms. The van der Waals surface area contributed by atoms with Crippen LogP contribution in [0.3, 0.4) is 0 Å². The molecule has 1 N–H and O–H groups in total. The van der Waals surface area contributed by atoms with Crippen LogP contribution in [0.2, 0.25) is 0 Å². The van der Waals surface area contributed by atoms with Crippen molar-refractivity contribution in [3.05, 3.63) is 65.5 Å². The van der Waals surface area contributed by atoms with E-state index in [0.29, 0.717) is 11.4 Å². The molecule has 3 aromatic rings. The smallest absolute Gasteiger partial charge is 0.149 e. The van der Waals surface area contributed by atoms with E-state index in [2.05, 4.69) is 72.9 Å². The Balaban J connectivity index is 1.78. The Morgan fingerprint density at radius 1 is 1.25 bits per heavy atom. The number of H-pyrrole nitrogens is 1. The number of hydrogen-bond acceptors (Lipinski definition) is 3. The molecule has 0 saturated carbocycles. The monoisotopic (exact) mass is 368 g/mol. The van der Waals surface area contributed by atoms with Crippen LogP contribution in [0, 0.1) is 11.3 Å². The van der Waals surface area contributed by atoms with E-state index in [4.69, 9.17) is 0 Å². The van der Waals surface area contributed by atoms with Crippen LogP contribution < -0.4 is 4.90 Å².